The van der Waals surface area contributed by atoms with E-state index in [1.165, 1.54) is 0 Å². The van der Waals surface area contributed by atoms with Crippen molar-refractivity contribution in [2.45, 2.75) is 44.8 Å². The number of hydrogen-bond acceptors (Lipinski definition) is 3. The fourth-order valence-corrected chi connectivity index (χ4v) is 5.33. The molecule has 1 heterocycles. The number of aromatic nitrogens is 1. The average Bonchev–Trinajstić information content (AvgIpc) is 2.91. The molecule has 0 fully saturated rings. The second-order valence-corrected chi connectivity index (χ2v) is 10.4. The van der Waals surface area contributed by atoms with Crippen molar-refractivity contribution in [3.63, 3.8) is 0 Å². The van der Waals surface area contributed by atoms with Gasteiger partial charge < -0.3 is 15.7 Å². The number of hydrogen-bond donors (Lipinski definition) is 3. The predicted octanol–water partition coefficient (Wildman–Crippen LogP) is 7.18. The quantitative estimate of drug-likeness (QED) is 0.259. The molecular formula is C32H30N4O2. The van der Waals surface area contributed by atoms with Crippen molar-refractivity contribution in [3.8, 4) is 22.5 Å². The van der Waals surface area contributed by atoms with E-state index in [-0.39, 0.29) is 5.41 Å². The molecule has 5 rings (SSSR count). The number of urea groups is 1. The lowest BCUT2D eigenvalue weighted by Crippen LogP contribution is -2.45. The van der Waals surface area contributed by atoms with Gasteiger partial charge in [-0.2, -0.15) is 0 Å². The van der Waals surface area contributed by atoms with Crippen LogP contribution in [0.4, 0.5) is 16.2 Å². The zero-order chi connectivity index (χ0) is 26.9. The van der Waals surface area contributed by atoms with Crippen molar-refractivity contribution >= 4 is 17.4 Å². The smallest absolute Gasteiger partial charge is 0.319 e. The standard InChI is InChI=1S/C32H30N4O2/c1-20-18-26(34-31(38)36-30-24-12-8-9-13-25(24)32(2,3)19-27(30)37)29(21-10-6-5-7-11-21)35-28(20)22-14-16-23(33-4)17-15-22/h5-18,27,30,37H,19H2,1-3H3,(H2,34,36,38)/t27-,30?/m1/s1. The number of aliphatic hydroxyl groups excluding tert-OH is 1. The van der Waals surface area contributed by atoms with E-state index < -0.39 is 18.2 Å². The van der Waals surface area contributed by atoms with Gasteiger partial charge in [-0.15, -0.1) is 0 Å². The minimum absolute atomic E-state index is 0.186. The monoisotopic (exact) mass is 502 g/mol. The lowest BCUT2D eigenvalue weighted by atomic mass is 9.70. The topological polar surface area (TPSA) is 78.6 Å². The van der Waals surface area contributed by atoms with Gasteiger partial charge in [-0.05, 0) is 47.1 Å². The second kappa shape index (κ2) is 10.1. The van der Waals surface area contributed by atoms with E-state index in [1.807, 2.05) is 73.7 Å². The summed E-state index contributed by atoms with van der Waals surface area (Å²) in [6.07, 6.45) is -0.161. The zero-order valence-corrected chi connectivity index (χ0v) is 21.7. The maximum absolute atomic E-state index is 13.3. The van der Waals surface area contributed by atoms with Crippen LogP contribution < -0.4 is 10.6 Å². The Morgan fingerprint density at radius 2 is 1.63 bits per heavy atom. The first-order valence-electron chi connectivity index (χ1n) is 12.7. The van der Waals surface area contributed by atoms with Crippen LogP contribution in [-0.4, -0.2) is 22.2 Å². The molecule has 0 aliphatic heterocycles. The van der Waals surface area contributed by atoms with Crippen molar-refractivity contribution in [3.05, 3.63) is 113 Å². The van der Waals surface area contributed by atoms with Crippen LogP contribution in [0.2, 0.25) is 0 Å². The third-order valence-electron chi connectivity index (χ3n) is 7.19. The summed E-state index contributed by atoms with van der Waals surface area (Å²) in [5.41, 5.74) is 7.10. The van der Waals surface area contributed by atoms with Crippen LogP contribution in [0, 0.1) is 13.5 Å². The Bertz CT molecular complexity index is 1520. The van der Waals surface area contributed by atoms with Crippen molar-refractivity contribution in [1.29, 1.82) is 0 Å². The van der Waals surface area contributed by atoms with Crippen molar-refractivity contribution in [2.75, 3.05) is 5.32 Å². The van der Waals surface area contributed by atoms with E-state index in [4.69, 9.17) is 11.6 Å². The molecule has 1 aliphatic carbocycles. The summed E-state index contributed by atoms with van der Waals surface area (Å²) in [6, 6.07) is 26.0. The predicted molar refractivity (Wildman–Crippen MR) is 151 cm³/mol. The van der Waals surface area contributed by atoms with Crippen LogP contribution in [0.1, 0.15) is 43.0 Å². The highest BCUT2D eigenvalue weighted by molar-refractivity contribution is 5.94. The fraction of sp³-hybridized carbons (Fsp3) is 0.219. The van der Waals surface area contributed by atoms with Crippen molar-refractivity contribution < 1.29 is 9.90 Å². The molecule has 0 bridgehead atoms. The van der Waals surface area contributed by atoms with Crippen LogP contribution in [0.3, 0.4) is 0 Å². The van der Waals surface area contributed by atoms with Crippen LogP contribution in [0.5, 0.6) is 0 Å². The van der Waals surface area contributed by atoms with E-state index in [9.17, 15) is 9.90 Å². The Kier molecular flexibility index (Phi) is 6.71. The molecule has 38 heavy (non-hydrogen) atoms. The van der Waals surface area contributed by atoms with Crippen LogP contribution in [-0.2, 0) is 5.41 Å². The highest BCUT2D eigenvalue weighted by atomic mass is 16.3. The summed E-state index contributed by atoms with van der Waals surface area (Å²) in [5.74, 6) is 0. The van der Waals surface area contributed by atoms with Crippen LogP contribution in [0.15, 0.2) is 84.9 Å². The average molecular weight is 503 g/mol. The Morgan fingerprint density at radius 3 is 2.34 bits per heavy atom. The van der Waals surface area contributed by atoms with E-state index in [1.54, 1.807) is 12.1 Å². The van der Waals surface area contributed by atoms with Crippen molar-refractivity contribution in [1.82, 2.24) is 10.3 Å². The minimum Gasteiger partial charge on any atom is -0.391 e. The third-order valence-corrected chi connectivity index (χ3v) is 7.19. The number of amides is 2. The molecule has 190 valence electrons. The first-order valence-corrected chi connectivity index (χ1v) is 12.7. The summed E-state index contributed by atoms with van der Waals surface area (Å²) in [4.78, 5) is 21.8. The molecule has 1 aromatic heterocycles. The van der Waals surface area contributed by atoms with E-state index in [2.05, 4.69) is 35.4 Å². The minimum atomic E-state index is -0.708. The molecule has 2 atom stereocenters. The lowest BCUT2D eigenvalue weighted by molar-refractivity contribution is 0.0883. The van der Waals surface area contributed by atoms with E-state index in [0.29, 0.717) is 23.5 Å². The summed E-state index contributed by atoms with van der Waals surface area (Å²) < 4.78 is 0. The van der Waals surface area contributed by atoms with E-state index in [0.717, 1.165) is 33.5 Å². The Morgan fingerprint density at radius 1 is 0.974 bits per heavy atom. The first-order chi connectivity index (χ1) is 18.3. The summed E-state index contributed by atoms with van der Waals surface area (Å²) in [5, 5.41) is 17.0. The van der Waals surface area contributed by atoms with Crippen LogP contribution in [0.25, 0.3) is 27.4 Å². The van der Waals surface area contributed by atoms with Gasteiger partial charge in [-0.3, -0.25) is 0 Å². The molecule has 3 aromatic carbocycles. The van der Waals surface area contributed by atoms with Gasteiger partial charge in [-0.1, -0.05) is 92.7 Å². The second-order valence-electron chi connectivity index (χ2n) is 10.4. The van der Waals surface area contributed by atoms with E-state index >= 15 is 0 Å². The molecule has 6 nitrogen and oxygen atoms in total. The molecule has 0 saturated heterocycles. The number of carbonyl (C=O) groups excluding carboxylic acids is 1. The normalized spacial score (nSPS) is 17.7. The van der Waals surface area contributed by atoms with Gasteiger partial charge in [0.2, 0.25) is 0 Å². The maximum atomic E-state index is 13.3. The van der Waals surface area contributed by atoms with Gasteiger partial charge in [0.15, 0.2) is 5.69 Å². The van der Waals surface area contributed by atoms with Gasteiger partial charge in [0.25, 0.3) is 0 Å². The molecule has 1 unspecified atom stereocenters. The number of nitrogens with zero attached hydrogens (tertiary/aromatic N) is 2. The van der Waals surface area contributed by atoms with Crippen LogP contribution >= 0.6 is 0 Å². The van der Waals surface area contributed by atoms with Gasteiger partial charge in [0.1, 0.15) is 0 Å². The number of rotatable bonds is 4. The summed E-state index contributed by atoms with van der Waals surface area (Å²) in [7, 11) is 0. The number of pyridine rings is 1. The highest BCUT2D eigenvalue weighted by Gasteiger charge is 2.39. The van der Waals surface area contributed by atoms with Gasteiger partial charge in [0.05, 0.1) is 35.8 Å². The molecule has 0 spiro atoms. The largest absolute Gasteiger partial charge is 0.391 e. The summed E-state index contributed by atoms with van der Waals surface area (Å²) in [6.45, 7) is 13.4. The molecule has 2 amide bonds. The Balaban J connectivity index is 1.48. The molecular weight excluding hydrogens is 472 g/mol. The molecule has 4 aromatic rings. The number of benzene rings is 3. The maximum Gasteiger partial charge on any atom is 0.319 e. The van der Waals surface area contributed by atoms with Gasteiger partial charge >= 0.3 is 6.03 Å². The number of nitrogens with one attached hydrogen (secondary N) is 2. The highest BCUT2D eigenvalue weighted by Crippen LogP contribution is 2.41. The van der Waals surface area contributed by atoms with Crippen molar-refractivity contribution in [2.24, 2.45) is 0 Å². The zero-order valence-electron chi connectivity index (χ0n) is 21.7. The number of fused-ring (bicyclic) bond motifs is 1. The molecule has 3 N–H and O–H groups in total. The van der Waals surface area contributed by atoms with Gasteiger partial charge in [-0.25, -0.2) is 14.6 Å². The summed E-state index contributed by atoms with van der Waals surface area (Å²) >= 11 is 0. The van der Waals surface area contributed by atoms with Gasteiger partial charge in [0, 0.05) is 5.56 Å². The lowest BCUT2D eigenvalue weighted by Gasteiger charge is -2.40. The first kappa shape index (κ1) is 25.2. The molecule has 6 heteroatoms. The Hall–Kier alpha value is -4.47. The molecule has 1 aliphatic rings. The fourth-order valence-electron chi connectivity index (χ4n) is 5.33. The number of carbonyl (C=O) groups is 1. The number of aryl methyl sites for hydroxylation is 1. The Labute approximate surface area is 223 Å². The number of aliphatic hydroxyl groups is 1. The SMILES string of the molecule is [C-]#[N+]c1ccc(-c2nc(-c3ccccc3)c(NC(=O)NC3c4ccccc4C(C)(C)C[C@H]3O)cc2C)cc1. The molecule has 0 radical (unpaired) electrons. The third kappa shape index (κ3) is 4.89. The number of anilines is 1. The molecule has 0 saturated carbocycles.